The van der Waals surface area contributed by atoms with E-state index in [1.54, 1.807) is 7.05 Å². The van der Waals surface area contributed by atoms with Gasteiger partial charge in [-0.05, 0) is 38.0 Å². The van der Waals surface area contributed by atoms with Crippen LogP contribution < -0.4 is 11.2 Å². The third kappa shape index (κ3) is 3.43. The monoisotopic (exact) mass is 450 g/mol. The summed E-state index contributed by atoms with van der Waals surface area (Å²) in [7, 11) is 1.68. The lowest BCUT2D eigenvalue weighted by molar-refractivity contribution is 0.0361. The highest BCUT2D eigenvalue weighted by atomic mass is 16.5. The molecule has 0 spiro atoms. The highest BCUT2D eigenvalue weighted by Crippen LogP contribution is 2.24. The molecule has 9 heteroatoms. The van der Waals surface area contributed by atoms with E-state index < -0.39 is 0 Å². The first-order valence-corrected chi connectivity index (χ1v) is 11.5. The number of rotatable bonds is 5. The molecule has 0 radical (unpaired) electrons. The van der Waals surface area contributed by atoms with Crippen molar-refractivity contribution in [2.45, 2.75) is 33.7 Å². The number of fused-ring (bicyclic) bond motifs is 3. The van der Waals surface area contributed by atoms with Crippen LogP contribution in [0.1, 0.15) is 23.9 Å². The first kappa shape index (κ1) is 21.7. The second kappa shape index (κ2) is 8.31. The van der Waals surface area contributed by atoms with E-state index in [9.17, 15) is 9.59 Å². The molecule has 0 aliphatic carbocycles. The Bertz CT molecular complexity index is 1450. The molecule has 5 rings (SSSR count). The smallest absolute Gasteiger partial charge is 0.332 e. The average molecular weight is 451 g/mol. The van der Waals surface area contributed by atoms with Crippen LogP contribution in [-0.2, 0) is 24.8 Å². The van der Waals surface area contributed by atoms with Crippen LogP contribution >= 0.6 is 0 Å². The molecule has 174 valence electrons. The zero-order valence-electron chi connectivity index (χ0n) is 19.7. The molecule has 3 aromatic heterocycles. The van der Waals surface area contributed by atoms with Crippen LogP contribution in [0.5, 0.6) is 0 Å². The molecule has 0 N–H and O–H groups in total. The maximum atomic E-state index is 13.6. The van der Waals surface area contributed by atoms with Crippen molar-refractivity contribution < 1.29 is 4.74 Å². The Morgan fingerprint density at radius 3 is 2.36 bits per heavy atom. The summed E-state index contributed by atoms with van der Waals surface area (Å²) in [6, 6.07) is 8.36. The molecular weight excluding hydrogens is 420 g/mol. The molecule has 1 saturated heterocycles. The van der Waals surface area contributed by atoms with E-state index in [1.807, 2.05) is 18.2 Å². The number of aromatic nitrogens is 5. The molecular formula is C24H30N6O3. The van der Waals surface area contributed by atoms with Crippen LogP contribution in [0.15, 0.2) is 33.9 Å². The second-order valence-electron chi connectivity index (χ2n) is 8.70. The number of hydrogen-bond donors (Lipinski definition) is 0. The highest BCUT2D eigenvalue weighted by Gasteiger charge is 2.23. The fraction of sp³-hybridized carbons (Fsp3) is 0.458. The molecule has 4 aromatic rings. The molecule has 9 nitrogen and oxygen atoms in total. The van der Waals surface area contributed by atoms with E-state index in [4.69, 9.17) is 9.72 Å². The molecule has 1 aromatic carbocycles. The van der Waals surface area contributed by atoms with Crippen LogP contribution in [0.2, 0.25) is 0 Å². The number of hydrogen-bond acceptors (Lipinski definition) is 5. The van der Waals surface area contributed by atoms with E-state index in [1.165, 1.54) is 14.7 Å². The van der Waals surface area contributed by atoms with Gasteiger partial charge in [-0.3, -0.25) is 27.8 Å². The van der Waals surface area contributed by atoms with Crippen molar-refractivity contribution >= 4 is 16.9 Å². The summed E-state index contributed by atoms with van der Waals surface area (Å²) in [4.78, 5) is 33.7. The normalized spacial score (nSPS) is 15.2. The van der Waals surface area contributed by atoms with Gasteiger partial charge in [-0.2, -0.15) is 4.98 Å². The summed E-state index contributed by atoms with van der Waals surface area (Å²) in [6.07, 6.45) is 0.971. The maximum absolute atomic E-state index is 13.6. The Hall–Kier alpha value is -3.17. The number of ether oxygens (including phenoxy) is 1. The summed E-state index contributed by atoms with van der Waals surface area (Å²) in [5.74, 6) is 0.641. The Balaban J connectivity index is 1.68. The minimum Gasteiger partial charge on any atom is -0.379 e. The van der Waals surface area contributed by atoms with Crippen molar-refractivity contribution in [3.8, 4) is 5.69 Å². The molecule has 0 bridgehead atoms. The quantitative estimate of drug-likeness (QED) is 0.462. The minimum atomic E-state index is -0.338. The third-order valence-corrected chi connectivity index (χ3v) is 6.87. The van der Waals surface area contributed by atoms with Crippen molar-refractivity contribution in [1.82, 2.24) is 28.0 Å². The Morgan fingerprint density at radius 2 is 1.70 bits per heavy atom. The first-order chi connectivity index (χ1) is 15.9. The molecule has 1 aliphatic heterocycles. The van der Waals surface area contributed by atoms with Crippen LogP contribution in [0.4, 0.5) is 0 Å². The van der Waals surface area contributed by atoms with Crippen molar-refractivity contribution in [3.05, 3.63) is 62.1 Å². The number of aryl methyl sites for hydroxylation is 3. The summed E-state index contributed by atoms with van der Waals surface area (Å²) in [6.45, 7) is 10.1. The summed E-state index contributed by atoms with van der Waals surface area (Å²) in [5.41, 5.74) is 4.40. The standard InChI is InChI=1S/C24H30N6O3/c1-5-18-6-8-19(9-7-18)29-16(2)17(3)30-20-21(25-23(29)30)26(4)24(32)28(22(20)31)11-10-27-12-14-33-15-13-27/h6-9H,5,10-15H2,1-4H3. The van der Waals surface area contributed by atoms with Gasteiger partial charge >= 0.3 is 5.69 Å². The second-order valence-corrected chi connectivity index (χ2v) is 8.70. The largest absolute Gasteiger partial charge is 0.379 e. The van der Waals surface area contributed by atoms with E-state index >= 15 is 0 Å². The molecule has 0 amide bonds. The lowest BCUT2D eigenvalue weighted by atomic mass is 10.1. The van der Waals surface area contributed by atoms with E-state index in [-0.39, 0.29) is 11.2 Å². The molecule has 33 heavy (non-hydrogen) atoms. The minimum absolute atomic E-state index is 0.296. The van der Waals surface area contributed by atoms with Gasteiger partial charge in [0.1, 0.15) is 0 Å². The third-order valence-electron chi connectivity index (χ3n) is 6.87. The van der Waals surface area contributed by atoms with Crippen LogP contribution in [0.25, 0.3) is 22.6 Å². The van der Waals surface area contributed by atoms with Gasteiger partial charge in [-0.25, -0.2) is 4.79 Å². The number of nitrogens with zero attached hydrogens (tertiary/aromatic N) is 6. The van der Waals surface area contributed by atoms with Gasteiger partial charge < -0.3 is 4.74 Å². The number of imidazole rings is 2. The summed E-state index contributed by atoms with van der Waals surface area (Å²) >= 11 is 0. The number of benzene rings is 1. The van der Waals surface area contributed by atoms with E-state index in [0.717, 1.165) is 36.6 Å². The molecule has 1 fully saturated rings. The SMILES string of the molecule is CCc1ccc(-n2c(C)c(C)n3c4c(=O)n(CCN5CCOCC5)c(=O)n(C)c4nc23)cc1. The molecule has 0 unspecified atom stereocenters. The van der Waals surface area contributed by atoms with Crippen LogP contribution in [0.3, 0.4) is 0 Å². The van der Waals surface area contributed by atoms with Gasteiger partial charge in [-0.1, -0.05) is 19.1 Å². The van der Waals surface area contributed by atoms with E-state index in [2.05, 4.69) is 40.7 Å². The Labute approximate surface area is 191 Å². The van der Waals surface area contributed by atoms with Gasteiger partial charge in [0.25, 0.3) is 5.56 Å². The van der Waals surface area contributed by atoms with Crippen molar-refractivity contribution in [2.24, 2.45) is 7.05 Å². The lowest BCUT2D eigenvalue weighted by Gasteiger charge is -2.26. The summed E-state index contributed by atoms with van der Waals surface area (Å²) < 4.78 is 12.2. The zero-order valence-corrected chi connectivity index (χ0v) is 19.7. The van der Waals surface area contributed by atoms with Crippen LogP contribution in [0, 0.1) is 13.8 Å². The molecule has 0 atom stereocenters. The maximum Gasteiger partial charge on any atom is 0.332 e. The predicted molar refractivity (Wildman–Crippen MR) is 128 cm³/mol. The highest BCUT2D eigenvalue weighted by molar-refractivity contribution is 5.77. The zero-order chi connectivity index (χ0) is 23.3. The average Bonchev–Trinajstić information content (AvgIpc) is 3.33. The lowest BCUT2D eigenvalue weighted by Crippen LogP contribution is -2.44. The number of morpholine rings is 1. The van der Waals surface area contributed by atoms with Crippen LogP contribution in [-0.4, -0.2) is 60.8 Å². The van der Waals surface area contributed by atoms with Gasteiger partial charge in [0.15, 0.2) is 11.2 Å². The molecule has 0 saturated carbocycles. The van der Waals surface area contributed by atoms with Gasteiger partial charge in [-0.15, -0.1) is 0 Å². The van der Waals surface area contributed by atoms with Gasteiger partial charge in [0.2, 0.25) is 5.78 Å². The van der Waals surface area contributed by atoms with Gasteiger partial charge in [0.05, 0.1) is 13.2 Å². The fourth-order valence-corrected chi connectivity index (χ4v) is 4.70. The van der Waals surface area contributed by atoms with Crippen molar-refractivity contribution in [3.63, 3.8) is 0 Å². The van der Waals surface area contributed by atoms with Gasteiger partial charge in [0, 0.05) is 50.3 Å². The van der Waals surface area contributed by atoms with E-state index in [0.29, 0.717) is 43.2 Å². The molecule has 1 aliphatic rings. The summed E-state index contributed by atoms with van der Waals surface area (Å²) in [5, 5.41) is 0. The van der Waals surface area contributed by atoms with Crippen molar-refractivity contribution in [1.29, 1.82) is 0 Å². The Morgan fingerprint density at radius 1 is 1.00 bits per heavy atom. The Kier molecular flexibility index (Phi) is 5.46. The first-order valence-electron chi connectivity index (χ1n) is 11.5. The fourth-order valence-electron chi connectivity index (χ4n) is 4.70. The topological polar surface area (TPSA) is 78.7 Å². The van der Waals surface area contributed by atoms with Crippen molar-refractivity contribution in [2.75, 3.05) is 32.8 Å². The molecule has 4 heterocycles. The predicted octanol–water partition coefficient (Wildman–Crippen LogP) is 1.65.